The molecule has 0 aromatic rings. The fourth-order valence-corrected chi connectivity index (χ4v) is 5.11. The molecular weight excluding hydrogens is 649 g/mol. The standard InChI is InChI=1S/C41H68NO7P/c1-3-5-7-9-11-13-15-17-19-20-21-22-24-26-28-30-32-34-41(43)49-40(39-48-50(44,45)47-37-35-42)38-46-36-33-31-29-27-25-23-18-16-14-12-10-8-6-4-2/h5-8,11-14,17-19,21-23,27,29,40H,3-4,9-10,15-16,20,24-26,28,30-39,42H2,1-2H3,(H,44,45)/b7-5-,8-6-,13-11-,14-12-,19-17-,22-21-,23-18-,29-27-. The van der Waals surface area contributed by atoms with Crippen LogP contribution in [0.1, 0.15) is 117 Å². The summed E-state index contributed by atoms with van der Waals surface area (Å²) >= 11 is 0. The first kappa shape index (κ1) is 47.4. The summed E-state index contributed by atoms with van der Waals surface area (Å²) in [7, 11) is -4.30. The van der Waals surface area contributed by atoms with Gasteiger partial charge in [-0.1, -0.05) is 124 Å². The van der Waals surface area contributed by atoms with Crippen molar-refractivity contribution in [1.82, 2.24) is 0 Å². The summed E-state index contributed by atoms with van der Waals surface area (Å²) in [4.78, 5) is 22.4. The predicted octanol–water partition coefficient (Wildman–Crippen LogP) is 10.7. The maximum atomic E-state index is 12.5. The van der Waals surface area contributed by atoms with Gasteiger partial charge in [0.1, 0.15) is 6.10 Å². The van der Waals surface area contributed by atoms with Crippen LogP contribution in [0, 0.1) is 0 Å². The van der Waals surface area contributed by atoms with E-state index in [0.717, 1.165) is 89.9 Å². The van der Waals surface area contributed by atoms with Crippen molar-refractivity contribution in [3.05, 3.63) is 97.2 Å². The molecule has 50 heavy (non-hydrogen) atoms. The van der Waals surface area contributed by atoms with Crippen LogP contribution in [-0.4, -0.2) is 49.9 Å². The fraction of sp³-hybridized carbons (Fsp3) is 0.585. The van der Waals surface area contributed by atoms with Gasteiger partial charge < -0.3 is 20.1 Å². The monoisotopic (exact) mass is 717 g/mol. The Bertz CT molecular complexity index is 1070. The lowest BCUT2D eigenvalue weighted by molar-refractivity contribution is -0.154. The van der Waals surface area contributed by atoms with Crippen LogP contribution in [0.25, 0.3) is 0 Å². The number of hydrogen-bond acceptors (Lipinski definition) is 7. The first-order valence-electron chi connectivity index (χ1n) is 18.7. The Morgan fingerprint density at radius 3 is 1.56 bits per heavy atom. The summed E-state index contributed by atoms with van der Waals surface area (Å²) in [6, 6.07) is 0. The van der Waals surface area contributed by atoms with Gasteiger partial charge in [0.15, 0.2) is 0 Å². The number of allylic oxidation sites excluding steroid dienone is 16. The van der Waals surface area contributed by atoms with E-state index in [1.807, 2.05) is 0 Å². The summed E-state index contributed by atoms with van der Waals surface area (Å²) in [6.45, 7) is 4.46. The Morgan fingerprint density at radius 2 is 1.06 bits per heavy atom. The Hall–Kier alpha value is -2.58. The molecule has 0 aliphatic carbocycles. The number of rotatable bonds is 34. The minimum absolute atomic E-state index is 0.0612. The molecule has 0 fully saturated rings. The van der Waals surface area contributed by atoms with Crippen LogP contribution in [-0.2, 0) is 27.9 Å². The van der Waals surface area contributed by atoms with E-state index in [2.05, 4.69) is 111 Å². The normalized spacial score (nSPS) is 14.7. The van der Waals surface area contributed by atoms with E-state index in [1.54, 1.807) is 0 Å². The highest BCUT2D eigenvalue weighted by atomic mass is 31.2. The third-order valence-electron chi connectivity index (χ3n) is 7.00. The first-order valence-corrected chi connectivity index (χ1v) is 20.2. The van der Waals surface area contributed by atoms with Crippen LogP contribution in [0.5, 0.6) is 0 Å². The van der Waals surface area contributed by atoms with Gasteiger partial charge in [-0.15, -0.1) is 0 Å². The van der Waals surface area contributed by atoms with E-state index in [-0.39, 0.29) is 38.8 Å². The number of unbranched alkanes of at least 4 members (excludes halogenated alkanes) is 5. The van der Waals surface area contributed by atoms with Crippen LogP contribution in [0.3, 0.4) is 0 Å². The molecular formula is C41H68NO7P. The number of esters is 1. The molecule has 0 aliphatic heterocycles. The highest BCUT2D eigenvalue weighted by molar-refractivity contribution is 7.47. The molecule has 2 unspecified atom stereocenters. The van der Waals surface area contributed by atoms with E-state index in [4.69, 9.17) is 24.3 Å². The molecule has 0 saturated heterocycles. The summed E-state index contributed by atoms with van der Waals surface area (Å²) < 4.78 is 33.2. The minimum atomic E-state index is -4.30. The average Bonchev–Trinajstić information content (AvgIpc) is 3.10. The molecule has 9 heteroatoms. The van der Waals surface area contributed by atoms with Gasteiger partial charge in [0, 0.05) is 19.6 Å². The van der Waals surface area contributed by atoms with Crippen LogP contribution < -0.4 is 5.73 Å². The van der Waals surface area contributed by atoms with E-state index < -0.39 is 13.9 Å². The fourth-order valence-electron chi connectivity index (χ4n) is 4.34. The molecule has 0 rings (SSSR count). The second-order valence-electron chi connectivity index (χ2n) is 11.7. The number of nitrogens with two attached hydrogens (primary N) is 1. The lowest BCUT2D eigenvalue weighted by Crippen LogP contribution is -2.28. The van der Waals surface area contributed by atoms with Crippen molar-refractivity contribution >= 4 is 13.8 Å². The molecule has 0 radical (unpaired) electrons. The SMILES string of the molecule is CC/C=C\C/C=C\C/C=C\C/C=C\CCCCCCC(=O)OC(COCCC/C=C\C/C=C\C/C=C\C/C=C\CC)COP(=O)(O)OCCN. The van der Waals surface area contributed by atoms with E-state index in [0.29, 0.717) is 13.0 Å². The Kier molecular flexibility index (Phi) is 35.7. The number of carbonyl (C=O) groups is 1. The predicted molar refractivity (Wildman–Crippen MR) is 210 cm³/mol. The largest absolute Gasteiger partial charge is 0.472 e. The number of carbonyl (C=O) groups excluding carboxylic acids is 1. The van der Waals surface area contributed by atoms with Crippen LogP contribution in [0.4, 0.5) is 0 Å². The molecule has 284 valence electrons. The van der Waals surface area contributed by atoms with E-state index in [1.165, 1.54) is 0 Å². The first-order chi connectivity index (χ1) is 24.4. The van der Waals surface area contributed by atoms with Crippen LogP contribution in [0.2, 0.25) is 0 Å². The number of hydrogen-bond donors (Lipinski definition) is 2. The lowest BCUT2D eigenvalue weighted by Gasteiger charge is -2.20. The zero-order valence-corrected chi connectivity index (χ0v) is 32.0. The van der Waals surface area contributed by atoms with Gasteiger partial charge >= 0.3 is 13.8 Å². The van der Waals surface area contributed by atoms with Gasteiger partial charge in [0.2, 0.25) is 0 Å². The van der Waals surface area contributed by atoms with Gasteiger partial charge in [-0.25, -0.2) is 4.57 Å². The highest BCUT2D eigenvalue weighted by Gasteiger charge is 2.25. The van der Waals surface area contributed by atoms with Crippen molar-refractivity contribution in [2.24, 2.45) is 5.73 Å². The number of phosphoric ester groups is 1. The molecule has 0 saturated carbocycles. The van der Waals surface area contributed by atoms with E-state index >= 15 is 0 Å². The second kappa shape index (κ2) is 37.7. The Balaban J connectivity index is 4.27. The number of phosphoric acid groups is 1. The van der Waals surface area contributed by atoms with Crippen molar-refractivity contribution in [3.8, 4) is 0 Å². The van der Waals surface area contributed by atoms with Crippen molar-refractivity contribution in [1.29, 1.82) is 0 Å². The van der Waals surface area contributed by atoms with Gasteiger partial charge in [-0.2, -0.15) is 0 Å². The molecule has 0 amide bonds. The molecule has 3 N–H and O–H groups in total. The summed E-state index contributed by atoms with van der Waals surface area (Å²) in [5, 5.41) is 0. The van der Waals surface area contributed by atoms with Gasteiger partial charge in [0.25, 0.3) is 0 Å². The Labute approximate surface area is 304 Å². The Morgan fingerprint density at radius 1 is 0.600 bits per heavy atom. The summed E-state index contributed by atoms with van der Waals surface area (Å²) in [5.74, 6) is -0.378. The second-order valence-corrected chi connectivity index (χ2v) is 13.1. The zero-order chi connectivity index (χ0) is 36.6. The van der Waals surface area contributed by atoms with Crippen molar-refractivity contribution in [3.63, 3.8) is 0 Å². The molecule has 0 aliphatic rings. The summed E-state index contributed by atoms with van der Waals surface area (Å²) in [5.41, 5.74) is 5.34. The average molecular weight is 718 g/mol. The summed E-state index contributed by atoms with van der Waals surface area (Å²) in [6.07, 6.45) is 48.6. The van der Waals surface area contributed by atoms with Crippen molar-refractivity contribution < 1.29 is 32.8 Å². The van der Waals surface area contributed by atoms with Gasteiger partial charge in [-0.3, -0.25) is 13.8 Å². The topological polar surface area (TPSA) is 117 Å². The molecule has 8 nitrogen and oxygen atoms in total. The zero-order valence-electron chi connectivity index (χ0n) is 31.1. The molecule has 2 atom stereocenters. The molecule has 0 spiro atoms. The maximum Gasteiger partial charge on any atom is 0.472 e. The van der Waals surface area contributed by atoms with Crippen LogP contribution >= 0.6 is 7.82 Å². The third kappa shape index (κ3) is 36.7. The van der Waals surface area contributed by atoms with Gasteiger partial charge in [-0.05, 0) is 83.5 Å². The molecule has 0 bridgehead atoms. The highest BCUT2D eigenvalue weighted by Crippen LogP contribution is 2.43. The van der Waals surface area contributed by atoms with Crippen molar-refractivity contribution in [2.75, 3.05) is 33.0 Å². The van der Waals surface area contributed by atoms with Gasteiger partial charge in [0.05, 0.1) is 19.8 Å². The smallest absolute Gasteiger partial charge is 0.457 e. The van der Waals surface area contributed by atoms with E-state index in [9.17, 15) is 14.3 Å². The minimum Gasteiger partial charge on any atom is -0.457 e. The van der Waals surface area contributed by atoms with Crippen molar-refractivity contribution in [2.45, 2.75) is 123 Å². The van der Waals surface area contributed by atoms with Crippen LogP contribution in [0.15, 0.2) is 97.2 Å². The quantitative estimate of drug-likeness (QED) is 0.0292. The number of ether oxygens (including phenoxy) is 2. The lowest BCUT2D eigenvalue weighted by atomic mass is 10.1. The molecule has 0 aromatic heterocycles. The molecule has 0 aromatic carbocycles. The third-order valence-corrected chi connectivity index (χ3v) is 7.98. The molecule has 0 heterocycles. The maximum absolute atomic E-state index is 12.5.